The summed E-state index contributed by atoms with van der Waals surface area (Å²) >= 11 is 0. The van der Waals surface area contributed by atoms with Gasteiger partial charge in [0.05, 0.1) is 0 Å². The van der Waals surface area contributed by atoms with Gasteiger partial charge in [-0.15, -0.1) is 0 Å². The molecule has 1 amide bonds. The lowest BCUT2D eigenvalue weighted by atomic mass is 10.1. The first-order chi connectivity index (χ1) is 9.58. The molecule has 1 unspecified atom stereocenters. The zero-order valence-electron chi connectivity index (χ0n) is 12.7. The van der Waals surface area contributed by atoms with E-state index in [0.717, 1.165) is 13.1 Å². The molecule has 1 aromatic rings. The van der Waals surface area contributed by atoms with Crippen molar-refractivity contribution in [2.45, 2.75) is 39.7 Å². The first kappa shape index (κ1) is 16.6. The molecule has 0 fully saturated rings. The van der Waals surface area contributed by atoms with Crippen LogP contribution >= 0.6 is 0 Å². The Balaban J connectivity index is 2.32. The molecule has 1 aromatic carbocycles. The minimum atomic E-state index is -0.239. The SMILES string of the molecule is CCN(CC)C(C)CNC(=O)CCc1ccccc1F. The van der Waals surface area contributed by atoms with Crippen molar-refractivity contribution in [1.29, 1.82) is 0 Å². The summed E-state index contributed by atoms with van der Waals surface area (Å²) in [5, 5.41) is 2.92. The van der Waals surface area contributed by atoms with Crippen LogP contribution in [0.5, 0.6) is 0 Å². The lowest BCUT2D eigenvalue weighted by molar-refractivity contribution is -0.121. The van der Waals surface area contributed by atoms with Crippen LogP contribution < -0.4 is 5.32 Å². The van der Waals surface area contributed by atoms with Gasteiger partial charge >= 0.3 is 0 Å². The molecule has 0 saturated heterocycles. The van der Waals surface area contributed by atoms with E-state index >= 15 is 0 Å². The van der Waals surface area contributed by atoms with E-state index in [1.807, 2.05) is 0 Å². The second-order valence-corrected chi connectivity index (χ2v) is 4.97. The quantitative estimate of drug-likeness (QED) is 0.794. The van der Waals surface area contributed by atoms with E-state index in [0.29, 0.717) is 31.0 Å². The van der Waals surface area contributed by atoms with Gasteiger partial charge in [-0.25, -0.2) is 4.39 Å². The zero-order valence-corrected chi connectivity index (χ0v) is 12.7. The molecule has 0 radical (unpaired) electrons. The maximum atomic E-state index is 13.4. The van der Waals surface area contributed by atoms with Crippen LogP contribution in [0.1, 0.15) is 32.8 Å². The van der Waals surface area contributed by atoms with Crippen LogP contribution in [0.15, 0.2) is 24.3 Å². The van der Waals surface area contributed by atoms with Gasteiger partial charge in [0, 0.05) is 19.0 Å². The first-order valence-corrected chi connectivity index (χ1v) is 7.32. The van der Waals surface area contributed by atoms with Gasteiger partial charge in [0.1, 0.15) is 5.82 Å². The van der Waals surface area contributed by atoms with Crippen molar-refractivity contribution in [3.8, 4) is 0 Å². The van der Waals surface area contributed by atoms with Crippen molar-refractivity contribution in [3.63, 3.8) is 0 Å². The Hall–Kier alpha value is -1.42. The molecular weight excluding hydrogens is 255 g/mol. The van der Waals surface area contributed by atoms with Gasteiger partial charge in [0.2, 0.25) is 5.91 Å². The van der Waals surface area contributed by atoms with E-state index in [1.54, 1.807) is 18.2 Å². The fraction of sp³-hybridized carbons (Fsp3) is 0.562. The summed E-state index contributed by atoms with van der Waals surface area (Å²) in [6, 6.07) is 6.92. The highest BCUT2D eigenvalue weighted by molar-refractivity contribution is 5.76. The monoisotopic (exact) mass is 280 g/mol. The van der Waals surface area contributed by atoms with Crippen LogP contribution in [0.25, 0.3) is 0 Å². The summed E-state index contributed by atoms with van der Waals surface area (Å²) in [5.41, 5.74) is 0.597. The molecule has 0 aliphatic rings. The van der Waals surface area contributed by atoms with E-state index in [4.69, 9.17) is 0 Å². The molecule has 1 rings (SSSR count). The third-order valence-corrected chi connectivity index (χ3v) is 3.61. The Morgan fingerprint density at radius 2 is 1.95 bits per heavy atom. The highest BCUT2D eigenvalue weighted by atomic mass is 19.1. The number of carbonyl (C=O) groups is 1. The minimum absolute atomic E-state index is 0.0211. The molecule has 1 atom stereocenters. The van der Waals surface area contributed by atoms with Crippen molar-refractivity contribution >= 4 is 5.91 Å². The van der Waals surface area contributed by atoms with E-state index < -0.39 is 0 Å². The van der Waals surface area contributed by atoms with Gasteiger partial charge in [0.15, 0.2) is 0 Å². The number of aryl methyl sites for hydroxylation is 1. The standard InChI is InChI=1S/C16H25FN2O/c1-4-19(5-2)13(3)12-18-16(20)11-10-14-8-6-7-9-15(14)17/h6-9,13H,4-5,10-12H2,1-3H3,(H,18,20). The Morgan fingerprint density at radius 1 is 1.30 bits per heavy atom. The van der Waals surface area contributed by atoms with Gasteiger partial charge in [-0.1, -0.05) is 32.0 Å². The molecule has 0 bridgehead atoms. The molecular formula is C16H25FN2O. The largest absolute Gasteiger partial charge is 0.355 e. The van der Waals surface area contributed by atoms with Gasteiger partial charge in [-0.05, 0) is 38.1 Å². The van der Waals surface area contributed by atoms with E-state index in [9.17, 15) is 9.18 Å². The number of amides is 1. The fourth-order valence-corrected chi connectivity index (χ4v) is 2.28. The summed E-state index contributed by atoms with van der Waals surface area (Å²) in [6.45, 7) is 8.91. The van der Waals surface area contributed by atoms with E-state index in [1.165, 1.54) is 6.07 Å². The van der Waals surface area contributed by atoms with Crippen LogP contribution in [-0.4, -0.2) is 36.5 Å². The predicted molar refractivity (Wildman–Crippen MR) is 80.1 cm³/mol. The lowest BCUT2D eigenvalue weighted by Crippen LogP contribution is -2.42. The Kier molecular flexibility index (Phi) is 7.23. The number of rotatable bonds is 8. The van der Waals surface area contributed by atoms with Crippen molar-refractivity contribution < 1.29 is 9.18 Å². The van der Waals surface area contributed by atoms with Crippen LogP contribution in [0, 0.1) is 5.82 Å². The summed E-state index contributed by atoms with van der Waals surface area (Å²) in [5.74, 6) is -0.260. The second kappa shape index (κ2) is 8.69. The zero-order chi connectivity index (χ0) is 15.0. The summed E-state index contributed by atoms with van der Waals surface area (Å²) < 4.78 is 13.4. The molecule has 0 aliphatic heterocycles. The molecule has 0 saturated carbocycles. The third-order valence-electron chi connectivity index (χ3n) is 3.61. The average molecular weight is 280 g/mol. The topological polar surface area (TPSA) is 32.3 Å². The third kappa shape index (κ3) is 5.29. The number of nitrogens with zero attached hydrogens (tertiary/aromatic N) is 1. The first-order valence-electron chi connectivity index (χ1n) is 7.32. The molecule has 4 heteroatoms. The van der Waals surface area contributed by atoms with Crippen LogP contribution in [0.4, 0.5) is 4.39 Å². The summed E-state index contributed by atoms with van der Waals surface area (Å²) in [7, 11) is 0. The summed E-state index contributed by atoms with van der Waals surface area (Å²) in [6.07, 6.45) is 0.768. The molecule has 0 aliphatic carbocycles. The number of hydrogen-bond donors (Lipinski definition) is 1. The van der Waals surface area contributed by atoms with Crippen LogP contribution in [0.2, 0.25) is 0 Å². The number of carbonyl (C=O) groups excluding carboxylic acids is 1. The van der Waals surface area contributed by atoms with Crippen molar-refractivity contribution in [2.24, 2.45) is 0 Å². The highest BCUT2D eigenvalue weighted by Crippen LogP contribution is 2.08. The number of likely N-dealkylation sites (N-methyl/N-ethyl adjacent to an activating group) is 1. The molecule has 0 heterocycles. The Morgan fingerprint density at radius 3 is 2.55 bits per heavy atom. The van der Waals surface area contributed by atoms with Crippen molar-refractivity contribution in [1.82, 2.24) is 10.2 Å². The molecule has 0 aromatic heterocycles. The maximum Gasteiger partial charge on any atom is 0.220 e. The van der Waals surface area contributed by atoms with E-state index in [-0.39, 0.29) is 11.7 Å². The number of hydrogen-bond acceptors (Lipinski definition) is 2. The number of benzene rings is 1. The molecule has 1 N–H and O–H groups in total. The second-order valence-electron chi connectivity index (χ2n) is 4.97. The van der Waals surface area contributed by atoms with Crippen molar-refractivity contribution in [2.75, 3.05) is 19.6 Å². The van der Waals surface area contributed by atoms with Crippen LogP contribution in [0.3, 0.4) is 0 Å². The lowest BCUT2D eigenvalue weighted by Gasteiger charge is -2.26. The smallest absolute Gasteiger partial charge is 0.220 e. The normalized spacial score (nSPS) is 12.4. The van der Waals surface area contributed by atoms with E-state index in [2.05, 4.69) is 31.0 Å². The maximum absolute atomic E-state index is 13.4. The number of nitrogens with one attached hydrogen (secondary N) is 1. The summed E-state index contributed by atoms with van der Waals surface area (Å²) in [4.78, 5) is 14.1. The highest BCUT2D eigenvalue weighted by Gasteiger charge is 2.11. The average Bonchev–Trinajstić information content (AvgIpc) is 2.45. The Bertz CT molecular complexity index is 419. The fourth-order valence-electron chi connectivity index (χ4n) is 2.28. The Labute approximate surface area is 121 Å². The van der Waals surface area contributed by atoms with Crippen LogP contribution in [-0.2, 0) is 11.2 Å². The predicted octanol–water partition coefficient (Wildman–Crippen LogP) is 2.60. The molecule has 112 valence electrons. The molecule has 3 nitrogen and oxygen atoms in total. The van der Waals surface area contributed by atoms with Gasteiger partial charge < -0.3 is 5.32 Å². The van der Waals surface area contributed by atoms with Gasteiger partial charge in [-0.2, -0.15) is 0 Å². The van der Waals surface area contributed by atoms with Crippen molar-refractivity contribution in [3.05, 3.63) is 35.6 Å². The minimum Gasteiger partial charge on any atom is -0.355 e. The number of halogens is 1. The van der Waals surface area contributed by atoms with Gasteiger partial charge in [0.25, 0.3) is 0 Å². The van der Waals surface area contributed by atoms with Gasteiger partial charge in [-0.3, -0.25) is 9.69 Å². The molecule has 0 spiro atoms. The molecule has 20 heavy (non-hydrogen) atoms.